The molecule has 200 valence electrons. The topological polar surface area (TPSA) is 113 Å². The van der Waals surface area contributed by atoms with Gasteiger partial charge < -0.3 is 15.2 Å². The number of imidazole rings is 1. The first kappa shape index (κ1) is 25.9. The van der Waals surface area contributed by atoms with Gasteiger partial charge in [-0.2, -0.15) is 28.2 Å². The maximum absolute atomic E-state index is 13.2. The number of alkyl halides is 3. The summed E-state index contributed by atoms with van der Waals surface area (Å²) in [7, 11) is 0. The molecule has 0 saturated heterocycles. The molecule has 2 aromatic carbocycles. The second kappa shape index (κ2) is 10.9. The molecule has 3 heterocycles. The van der Waals surface area contributed by atoms with Crippen LogP contribution in [0.3, 0.4) is 0 Å². The molecule has 3 aromatic heterocycles. The van der Waals surface area contributed by atoms with E-state index < -0.39 is 17.6 Å². The molecule has 1 amide bonds. The highest BCUT2D eigenvalue weighted by Crippen LogP contribution is 2.31. The van der Waals surface area contributed by atoms with Crippen molar-refractivity contribution in [2.45, 2.75) is 32.5 Å². The number of aromatic amines is 1. The fraction of sp³-hybridized carbons (Fsp3) is 0.222. The Morgan fingerprint density at radius 3 is 2.56 bits per heavy atom. The molecule has 0 aliphatic carbocycles. The lowest BCUT2D eigenvalue weighted by atomic mass is 10.1. The zero-order valence-corrected chi connectivity index (χ0v) is 21.0. The number of hydrogen-bond acceptors (Lipinski definition) is 6. The molecular weight excluding hydrogens is 509 g/mol. The zero-order chi connectivity index (χ0) is 27.4. The van der Waals surface area contributed by atoms with Crippen LogP contribution in [-0.4, -0.2) is 42.2 Å². The number of anilines is 2. The van der Waals surface area contributed by atoms with Gasteiger partial charge in [-0.3, -0.25) is 9.89 Å². The predicted molar refractivity (Wildman–Crippen MR) is 141 cm³/mol. The highest BCUT2D eigenvalue weighted by atomic mass is 19.4. The van der Waals surface area contributed by atoms with Gasteiger partial charge in [-0.1, -0.05) is 43.3 Å². The average Bonchev–Trinajstić information content (AvgIpc) is 3.58. The molecule has 0 saturated carbocycles. The number of carbonyl (C=O) groups excluding carboxylic acids is 1. The predicted octanol–water partition coefficient (Wildman–Crippen LogP) is 5.55. The Balaban J connectivity index is 1.53. The number of rotatable bonds is 9. The lowest BCUT2D eigenvalue weighted by Gasteiger charge is -2.11. The van der Waals surface area contributed by atoms with Crippen LogP contribution in [0.2, 0.25) is 0 Å². The maximum Gasteiger partial charge on any atom is 0.416 e. The number of fused-ring (bicyclic) bond motifs is 1. The third kappa shape index (κ3) is 5.74. The molecule has 0 aliphatic rings. The molecule has 39 heavy (non-hydrogen) atoms. The van der Waals surface area contributed by atoms with Gasteiger partial charge in [-0.15, -0.1) is 0 Å². The van der Waals surface area contributed by atoms with Crippen molar-refractivity contribution in [3.63, 3.8) is 0 Å². The van der Waals surface area contributed by atoms with Crippen LogP contribution in [0.4, 0.5) is 24.9 Å². The average molecular weight is 535 g/mol. The number of amides is 1. The van der Waals surface area contributed by atoms with Crippen molar-refractivity contribution in [2.24, 2.45) is 0 Å². The van der Waals surface area contributed by atoms with E-state index >= 15 is 0 Å². The summed E-state index contributed by atoms with van der Waals surface area (Å²) in [6.07, 6.45) is -1.42. The lowest BCUT2D eigenvalue weighted by Crippen LogP contribution is -2.17. The summed E-state index contributed by atoms with van der Waals surface area (Å²) >= 11 is 0. The van der Waals surface area contributed by atoms with Crippen LogP contribution in [0.25, 0.3) is 22.7 Å². The van der Waals surface area contributed by atoms with Crippen molar-refractivity contribution >= 4 is 28.8 Å². The number of nitrogens with one attached hydrogen (secondary N) is 3. The van der Waals surface area contributed by atoms with Crippen LogP contribution in [-0.2, 0) is 19.1 Å². The van der Waals surface area contributed by atoms with Crippen molar-refractivity contribution in [2.75, 3.05) is 17.2 Å². The third-order valence-electron chi connectivity index (χ3n) is 6.00. The van der Waals surface area contributed by atoms with Gasteiger partial charge in [-0.05, 0) is 42.7 Å². The highest BCUT2D eigenvalue weighted by molar-refractivity contribution is 6.07. The van der Waals surface area contributed by atoms with Crippen molar-refractivity contribution < 1.29 is 18.0 Å². The van der Waals surface area contributed by atoms with E-state index in [1.54, 1.807) is 12.3 Å². The summed E-state index contributed by atoms with van der Waals surface area (Å²) in [4.78, 5) is 26.9. The van der Waals surface area contributed by atoms with Crippen LogP contribution < -0.4 is 10.6 Å². The summed E-state index contributed by atoms with van der Waals surface area (Å²) in [5.74, 6) is 0.112. The highest BCUT2D eigenvalue weighted by Gasteiger charge is 2.31. The van der Waals surface area contributed by atoms with Crippen molar-refractivity contribution in [3.8, 4) is 11.5 Å². The largest absolute Gasteiger partial charge is 0.416 e. The lowest BCUT2D eigenvalue weighted by molar-refractivity contribution is -0.137. The number of aryl methyl sites for hydroxylation is 1. The fourth-order valence-corrected chi connectivity index (χ4v) is 4.16. The van der Waals surface area contributed by atoms with Gasteiger partial charge >= 0.3 is 6.18 Å². The van der Waals surface area contributed by atoms with Gasteiger partial charge in [0.25, 0.3) is 5.91 Å². The minimum atomic E-state index is -4.58. The van der Waals surface area contributed by atoms with Gasteiger partial charge in [-0.25, -0.2) is 4.98 Å². The first-order chi connectivity index (χ1) is 18.8. The summed E-state index contributed by atoms with van der Waals surface area (Å²) < 4.78 is 41.6. The van der Waals surface area contributed by atoms with Crippen molar-refractivity contribution in [1.82, 2.24) is 29.7 Å². The van der Waals surface area contributed by atoms with Crippen molar-refractivity contribution in [1.29, 1.82) is 0 Å². The van der Waals surface area contributed by atoms with E-state index in [9.17, 15) is 18.0 Å². The van der Waals surface area contributed by atoms with Gasteiger partial charge in [0.2, 0.25) is 5.95 Å². The van der Waals surface area contributed by atoms with E-state index in [4.69, 9.17) is 0 Å². The molecule has 0 unspecified atom stereocenters. The monoisotopic (exact) mass is 534 g/mol. The minimum Gasteiger partial charge on any atom is -0.354 e. The van der Waals surface area contributed by atoms with Crippen LogP contribution in [0, 0.1) is 0 Å². The Bertz CT molecular complexity index is 1580. The summed E-state index contributed by atoms with van der Waals surface area (Å²) in [5.41, 5.74) is 1.40. The van der Waals surface area contributed by atoms with E-state index in [-0.39, 0.29) is 17.3 Å². The van der Waals surface area contributed by atoms with Gasteiger partial charge in [0.1, 0.15) is 5.69 Å². The summed E-state index contributed by atoms with van der Waals surface area (Å²) in [6, 6.07) is 15.9. The smallest absolute Gasteiger partial charge is 0.354 e. The molecule has 0 aliphatic heterocycles. The molecule has 0 fully saturated rings. The number of nitrogens with zero attached hydrogens (tertiary/aromatic N) is 5. The summed E-state index contributed by atoms with van der Waals surface area (Å²) in [5, 5.41) is 12.9. The van der Waals surface area contributed by atoms with E-state index in [0.29, 0.717) is 42.2 Å². The Kier molecular flexibility index (Phi) is 7.26. The van der Waals surface area contributed by atoms with Crippen LogP contribution >= 0.6 is 0 Å². The number of halogens is 3. The first-order valence-corrected chi connectivity index (χ1v) is 12.4. The zero-order valence-electron chi connectivity index (χ0n) is 21.0. The summed E-state index contributed by atoms with van der Waals surface area (Å²) in [6.45, 7) is 3.10. The van der Waals surface area contributed by atoms with Gasteiger partial charge in [0.15, 0.2) is 22.8 Å². The minimum absolute atomic E-state index is 0.0799. The number of aromatic nitrogens is 6. The molecule has 0 spiro atoms. The van der Waals surface area contributed by atoms with E-state index in [1.807, 2.05) is 41.8 Å². The van der Waals surface area contributed by atoms with Crippen LogP contribution in [0.5, 0.6) is 0 Å². The normalized spacial score (nSPS) is 11.6. The van der Waals surface area contributed by atoms with Gasteiger partial charge in [0.05, 0.1) is 5.56 Å². The van der Waals surface area contributed by atoms with E-state index in [0.717, 1.165) is 24.1 Å². The molecule has 0 bridgehead atoms. The molecule has 0 atom stereocenters. The maximum atomic E-state index is 13.2. The van der Waals surface area contributed by atoms with E-state index in [2.05, 4.69) is 35.8 Å². The molecule has 5 rings (SSSR count). The first-order valence-electron chi connectivity index (χ1n) is 12.4. The quantitative estimate of drug-likeness (QED) is 0.228. The second-order valence-electron chi connectivity index (χ2n) is 8.81. The van der Waals surface area contributed by atoms with Crippen LogP contribution in [0.1, 0.15) is 34.8 Å². The van der Waals surface area contributed by atoms with Crippen molar-refractivity contribution in [3.05, 3.63) is 83.6 Å². The molecule has 0 radical (unpaired) electrons. The number of hydrogen-bond donors (Lipinski definition) is 3. The van der Waals surface area contributed by atoms with Crippen LogP contribution in [0.15, 0.2) is 66.9 Å². The second-order valence-corrected chi connectivity index (χ2v) is 8.81. The molecule has 3 N–H and O–H groups in total. The van der Waals surface area contributed by atoms with Gasteiger partial charge in [0, 0.05) is 24.8 Å². The Hall–Kier alpha value is -4.74. The third-order valence-corrected chi connectivity index (χ3v) is 6.00. The van der Waals surface area contributed by atoms with E-state index in [1.165, 1.54) is 12.1 Å². The number of carbonyl (C=O) groups is 1. The Labute approximate surface area is 221 Å². The Morgan fingerprint density at radius 2 is 1.85 bits per heavy atom. The molecule has 9 nitrogen and oxygen atoms in total. The molecule has 12 heteroatoms. The number of H-pyrrole nitrogens is 1. The number of benzene rings is 2. The fourth-order valence-electron chi connectivity index (χ4n) is 4.16. The molecule has 5 aromatic rings. The molecular formula is C27H25F3N8O. The standard InChI is InChI=1S/C27H25F3N8O/c1-2-15-38-23(20-12-14-32-37-20)33-21-22(34-25(39)18-9-6-10-19(16-18)27(28,29)30)35-26(36-24(21)38)31-13-11-17-7-4-3-5-8-17/h3-10,12,14,16H,2,11,13,15H2,1H3,(H,32,37)(H2,31,34,35,36,39). The SMILES string of the molecule is CCCn1c(-c2cc[nH]n2)nc2c(NC(=O)c3cccc(C(F)(F)F)c3)nc(NCCc3ccccc3)nc21. The Morgan fingerprint density at radius 1 is 1.03 bits per heavy atom.